The van der Waals surface area contributed by atoms with Gasteiger partial charge < -0.3 is 11.1 Å². The molecule has 2 aromatic heterocycles. The van der Waals surface area contributed by atoms with Crippen LogP contribution in [0.3, 0.4) is 0 Å². The number of nitrogens with zero attached hydrogens (tertiary/aromatic N) is 4. The number of hydrogen-bond acceptors (Lipinski definition) is 5. The van der Waals surface area contributed by atoms with Gasteiger partial charge in [0.25, 0.3) is 0 Å². The maximum Gasteiger partial charge on any atom is 0.242 e. The highest BCUT2D eigenvalue weighted by molar-refractivity contribution is 5.75. The summed E-state index contributed by atoms with van der Waals surface area (Å²) in [4.78, 5) is 19.8. The van der Waals surface area contributed by atoms with E-state index in [4.69, 9.17) is 5.73 Å². The molecular formula is C11H14N6O. The van der Waals surface area contributed by atoms with Crippen molar-refractivity contribution >= 4 is 11.6 Å². The number of nitrogens with one attached hydrogen (secondary N) is 1. The zero-order chi connectivity index (χ0) is 13.0. The van der Waals surface area contributed by atoms with Gasteiger partial charge in [0.05, 0.1) is 36.0 Å². The Morgan fingerprint density at radius 1 is 1.39 bits per heavy atom. The van der Waals surface area contributed by atoms with Gasteiger partial charge in [0.2, 0.25) is 5.91 Å². The van der Waals surface area contributed by atoms with Crippen molar-refractivity contribution in [1.82, 2.24) is 25.1 Å². The number of carbonyl (C=O) groups is 1. The van der Waals surface area contributed by atoms with Crippen LogP contribution in [-0.2, 0) is 17.9 Å². The van der Waals surface area contributed by atoms with E-state index in [1.165, 1.54) is 10.9 Å². The molecule has 2 heterocycles. The third-order valence-corrected chi connectivity index (χ3v) is 2.26. The average molecular weight is 246 g/mol. The van der Waals surface area contributed by atoms with E-state index in [1.807, 2.05) is 6.92 Å². The molecule has 0 aliphatic carbocycles. The van der Waals surface area contributed by atoms with Crippen molar-refractivity contribution in [1.29, 1.82) is 0 Å². The Morgan fingerprint density at radius 2 is 2.22 bits per heavy atom. The molecule has 2 rings (SSSR count). The van der Waals surface area contributed by atoms with E-state index in [-0.39, 0.29) is 12.5 Å². The third-order valence-electron chi connectivity index (χ3n) is 2.26. The average Bonchev–Trinajstić information content (AvgIpc) is 2.74. The molecule has 0 atom stereocenters. The molecule has 7 nitrogen and oxygen atoms in total. The number of rotatable bonds is 4. The lowest BCUT2D eigenvalue weighted by molar-refractivity contribution is -0.122. The minimum Gasteiger partial charge on any atom is -0.396 e. The standard InChI is InChI=1S/C11H14N6O/c1-8-2-14-10(4-13-8)5-15-11(18)7-17-6-9(12)3-16-17/h2-4,6H,5,7,12H2,1H3,(H,15,18). The Labute approximate surface area is 104 Å². The molecular weight excluding hydrogens is 232 g/mol. The molecule has 0 fully saturated rings. The van der Waals surface area contributed by atoms with Crippen LogP contribution in [0, 0.1) is 6.92 Å². The molecule has 0 radical (unpaired) electrons. The Balaban J connectivity index is 1.83. The van der Waals surface area contributed by atoms with Gasteiger partial charge in [-0.3, -0.25) is 19.4 Å². The molecule has 0 saturated carbocycles. The van der Waals surface area contributed by atoms with Gasteiger partial charge in [0.1, 0.15) is 6.54 Å². The zero-order valence-electron chi connectivity index (χ0n) is 10.00. The Morgan fingerprint density at radius 3 is 2.83 bits per heavy atom. The maximum atomic E-state index is 11.6. The second-order valence-electron chi connectivity index (χ2n) is 3.90. The van der Waals surface area contributed by atoms with Crippen LogP contribution in [0.4, 0.5) is 5.69 Å². The van der Waals surface area contributed by atoms with Gasteiger partial charge in [0.15, 0.2) is 0 Å². The van der Waals surface area contributed by atoms with Gasteiger partial charge in [-0.05, 0) is 6.92 Å². The highest BCUT2D eigenvalue weighted by Gasteiger charge is 2.04. The van der Waals surface area contributed by atoms with Crippen LogP contribution in [-0.4, -0.2) is 25.7 Å². The number of carbonyl (C=O) groups excluding carboxylic acids is 1. The number of amides is 1. The molecule has 0 aliphatic heterocycles. The van der Waals surface area contributed by atoms with Crippen molar-refractivity contribution in [3.63, 3.8) is 0 Å². The molecule has 18 heavy (non-hydrogen) atoms. The van der Waals surface area contributed by atoms with E-state index in [0.29, 0.717) is 17.9 Å². The monoisotopic (exact) mass is 246 g/mol. The molecule has 7 heteroatoms. The van der Waals surface area contributed by atoms with Crippen LogP contribution < -0.4 is 11.1 Å². The molecule has 0 aromatic carbocycles. The molecule has 3 N–H and O–H groups in total. The summed E-state index contributed by atoms with van der Waals surface area (Å²) in [5.74, 6) is -0.152. The van der Waals surface area contributed by atoms with Crippen LogP contribution in [0.2, 0.25) is 0 Å². The van der Waals surface area contributed by atoms with Crippen LogP contribution in [0.15, 0.2) is 24.8 Å². The molecule has 2 aromatic rings. The SMILES string of the molecule is Cc1cnc(CNC(=O)Cn2cc(N)cn2)cn1. The number of nitrogens with two attached hydrogens (primary N) is 1. The second-order valence-corrected chi connectivity index (χ2v) is 3.90. The van der Waals surface area contributed by atoms with Crippen molar-refractivity contribution in [3.05, 3.63) is 36.2 Å². The number of hydrogen-bond donors (Lipinski definition) is 2. The van der Waals surface area contributed by atoms with Crippen molar-refractivity contribution in [2.24, 2.45) is 0 Å². The first-order valence-corrected chi connectivity index (χ1v) is 5.45. The van der Waals surface area contributed by atoms with Crippen LogP contribution >= 0.6 is 0 Å². The quantitative estimate of drug-likeness (QED) is 0.783. The number of aromatic nitrogens is 4. The smallest absolute Gasteiger partial charge is 0.242 e. The number of nitrogen functional groups attached to an aromatic ring is 1. The molecule has 0 spiro atoms. The van der Waals surface area contributed by atoms with E-state index < -0.39 is 0 Å². The molecule has 1 amide bonds. The molecule has 94 valence electrons. The molecule has 0 aliphatic rings. The first kappa shape index (κ1) is 12.0. The minimum absolute atomic E-state index is 0.135. The maximum absolute atomic E-state index is 11.6. The highest BCUT2D eigenvalue weighted by Crippen LogP contribution is 1.97. The van der Waals surface area contributed by atoms with Crippen molar-refractivity contribution < 1.29 is 4.79 Å². The topological polar surface area (TPSA) is 98.7 Å². The van der Waals surface area contributed by atoms with Gasteiger partial charge in [-0.2, -0.15) is 5.10 Å². The zero-order valence-corrected chi connectivity index (χ0v) is 10.00. The van der Waals surface area contributed by atoms with Crippen LogP contribution in [0.1, 0.15) is 11.4 Å². The number of anilines is 1. The largest absolute Gasteiger partial charge is 0.396 e. The minimum atomic E-state index is -0.152. The fraction of sp³-hybridized carbons (Fsp3) is 0.273. The highest BCUT2D eigenvalue weighted by atomic mass is 16.2. The molecule has 0 bridgehead atoms. The van der Waals surface area contributed by atoms with E-state index in [9.17, 15) is 4.79 Å². The van der Waals surface area contributed by atoms with Gasteiger partial charge in [-0.25, -0.2) is 0 Å². The molecule has 0 unspecified atom stereocenters. The van der Waals surface area contributed by atoms with Crippen molar-refractivity contribution in [2.45, 2.75) is 20.0 Å². The first-order valence-electron chi connectivity index (χ1n) is 5.45. The summed E-state index contributed by atoms with van der Waals surface area (Å²) in [6.07, 6.45) is 6.40. The lowest BCUT2D eigenvalue weighted by Gasteiger charge is -2.04. The normalized spacial score (nSPS) is 10.3. The molecule has 0 saturated heterocycles. The van der Waals surface area contributed by atoms with Crippen molar-refractivity contribution in [3.8, 4) is 0 Å². The summed E-state index contributed by atoms with van der Waals surface area (Å²) in [6, 6.07) is 0. The Kier molecular flexibility index (Phi) is 3.52. The van der Waals surface area contributed by atoms with E-state index in [0.717, 1.165) is 5.69 Å². The summed E-state index contributed by atoms with van der Waals surface area (Å²) in [7, 11) is 0. The lowest BCUT2D eigenvalue weighted by Crippen LogP contribution is -2.27. The van der Waals surface area contributed by atoms with Gasteiger partial charge in [-0.1, -0.05) is 0 Å². The number of aryl methyl sites for hydroxylation is 1. The van der Waals surface area contributed by atoms with E-state index in [1.54, 1.807) is 18.6 Å². The van der Waals surface area contributed by atoms with Crippen LogP contribution in [0.25, 0.3) is 0 Å². The lowest BCUT2D eigenvalue weighted by atomic mass is 10.4. The van der Waals surface area contributed by atoms with Gasteiger partial charge in [-0.15, -0.1) is 0 Å². The Bertz CT molecular complexity index is 533. The van der Waals surface area contributed by atoms with Gasteiger partial charge in [0, 0.05) is 12.4 Å². The second kappa shape index (κ2) is 5.26. The van der Waals surface area contributed by atoms with Crippen molar-refractivity contribution in [2.75, 3.05) is 5.73 Å². The van der Waals surface area contributed by atoms with Crippen LogP contribution in [0.5, 0.6) is 0 Å². The van der Waals surface area contributed by atoms with E-state index >= 15 is 0 Å². The predicted molar refractivity (Wildman–Crippen MR) is 65.3 cm³/mol. The summed E-state index contributed by atoms with van der Waals surface area (Å²) in [6.45, 7) is 2.34. The van der Waals surface area contributed by atoms with E-state index in [2.05, 4.69) is 20.4 Å². The Hall–Kier alpha value is -2.44. The first-order chi connectivity index (χ1) is 8.63. The van der Waals surface area contributed by atoms with Gasteiger partial charge >= 0.3 is 0 Å². The summed E-state index contributed by atoms with van der Waals surface area (Å²) < 4.78 is 1.48. The predicted octanol–water partition coefficient (Wildman–Crippen LogP) is -0.120. The summed E-state index contributed by atoms with van der Waals surface area (Å²) in [5, 5.41) is 6.66. The fourth-order valence-corrected chi connectivity index (χ4v) is 1.37. The fourth-order valence-electron chi connectivity index (χ4n) is 1.37. The third kappa shape index (κ3) is 3.27. The summed E-state index contributed by atoms with van der Waals surface area (Å²) in [5.41, 5.74) is 7.60. The summed E-state index contributed by atoms with van der Waals surface area (Å²) >= 11 is 0.